The molecule has 9 heteroatoms. The number of rotatable bonds is 5. The van der Waals surface area contributed by atoms with Gasteiger partial charge in [-0.2, -0.15) is 13.2 Å². The Hall–Kier alpha value is -2.06. The van der Waals surface area contributed by atoms with Crippen LogP contribution in [0.15, 0.2) is 16.3 Å². The molecule has 0 spiro atoms. The molecule has 1 aliphatic carbocycles. The Labute approximate surface area is 118 Å². The second-order valence-corrected chi connectivity index (χ2v) is 4.27. The van der Waals surface area contributed by atoms with E-state index >= 15 is 0 Å². The molecular weight excluding hydrogens is 295 g/mol. The summed E-state index contributed by atoms with van der Waals surface area (Å²) in [7, 11) is 1.90. The van der Waals surface area contributed by atoms with Gasteiger partial charge in [0.05, 0.1) is 32.4 Å². The van der Waals surface area contributed by atoms with Gasteiger partial charge in [0.1, 0.15) is 5.57 Å². The zero-order chi connectivity index (χ0) is 16.2. The van der Waals surface area contributed by atoms with Crippen LogP contribution in [0.1, 0.15) is 19.3 Å². The molecule has 6 nitrogen and oxygen atoms in total. The fraction of sp³-hybridized carbons (Fsp3) is 0.583. The number of aliphatic hydroxyl groups excluding tert-OH is 1. The number of ether oxygens (including phenoxy) is 2. The van der Waals surface area contributed by atoms with E-state index in [4.69, 9.17) is 0 Å². The Morgan fingerprint density at radius 3 is 2.19 bits per heavy atom. The summed E-state index contributed by atoms with van der Waals surface area (Å²) in [5.41, 5.74) is -1.66. The quantitative estimate of drug-likeness (QED) is 0.361. The number of esters is 2. The molecular formula is C12H14F3NO5. The summed E-state index contributed by atoms with van der Waals surface area (Å²) in [5.74, 6) is -4.45. The van der Waals surface area contributed by atoms with E-state index in [0.29, 0.717) is 12.8 Å². The Bertz CT molecular complexity index is 492. The molecule has 0 aromatic carbocycles. The summed E-state index contributed by atoms with van der Waals surface area (Å²) in [5, 5.41) is 9.26. The fourth-order valence-electron chi connectivity index (χ4n) is 1.43. The lowest BCUT2D eigenvalue weighted by atomic mass is 10.1. The van der Waals surface area contributed by atoms with Gasteiger partial charge in [-0.25, -0.2) is 4.79 Å². The van der Waals surface area contributed by atoms with Crippen LogP contribution in [0.5, 0.6) is 0 Å². The monoisotopic (exact) mass is 309 g/mol. The average Bonchev–Trinajstić information content (AvgIpc) is 3.21. The highest BCUT2D eigenvalue weighted by molar-refractivity contribution is 6.24. The number of aliphatic imine (C=N–C) groups is 1. The highest BCUT2D eigenvalue weighted by Crippen LogP contribution is 2.30. The van der Waals surface area contributed by atoms with Gasteiger partial charge in [-0.15, -0.1) is 0 Å². The van der Waals surface area contributed by atoms with Crippen LogP contribution in [-0.2, 0) is 19.1 Å². The van der Waals surface area contributed by atoms with Crippen molar-refractivity contribution < 1.29 is 37.3 Å². The van der Waals surface area contributed by atoms with Crippen LogP contribution >= 0.6 is 0 Å². The lowest BCUT2D eigenvalue weighted by molar-refractivity contribution is -0.140. The highest BCUT2D eigenvalue weighted by Gasteiger charge is 2.41. The van der Waals surface area contributed by atoms with Crippen molar-refractivity contribution in [1.29, 1.82) is 0 Å². The van der Waals surface area contributed by atoms with Crippen LogP contribution in [0.25, 0.3) is 0 Å². The standard InChI is InChI=1S/C12H14F3NO5/c1-20-8(17)5-7(16-6-3-4-6)9(11(19)21-2)10(18)12(13,14)15/h6,18H,3-5H2,1-2H3. The Balaban J connectivity index is 3.30. The van der Waals surface area contributed by atoms with Crippen LogP contribution in [-0.4, -0.2) is 49.2 Å². The third kappa shape index (κ3) is 4.76. The SMILES string of the molecule is COC(=O)CC(=NC1CC1)C(C(=O)OC)=C(O)C(F)(F)F. The number of hydrogen-bond donors (Lipinski definition) is 1. The average molecular weight is 309 g/mol. The molecule has 0 atom stereocenters. The molecule has 1 aliphatic rings. The number of hydrogen-bond acceptors (Lipinski definition) is 6. The molecule has 1 saturated carbocycles. The molecule has 1 N–H and O–H groups in total. The van der Waals surface area contributed by atoms with Crippen LogP contribution in [0.2, 0.25) is 0 Å². The third-order valence-electron chi connectivity index (χ3n) is 2.61. The van der Waals surface area contributed by atoms with Gasteiger partial charge in [-0.3, -0.25) is 9.79 Å². The van der Waals surface area contributed by atoms with Crippen molar-refractivity contribution in [3.05, 3.63) is 11.3 Å². The smallest absolute Gasteiger partial charge is 0.449 e. The van der Waals surface area contributed by atoms with Crippen molar-refractivity contribution in [3.63, 3.8) is 0 Å². The Morgan fingerprint density at radius 2 is 1.81 bits per heavy atom. The second kappa shape index (κ2) is 6.59. The maximum atomic E-state index is 12.6. The van der Waals surface area contributed by atoms with Gasteiger partial charge in [0.2, 0.25) is 5.76 Å². The number of methoxy groups -OCH3 is 2. The van der Waals surface area contributed by atoms with Gasteiger partial charge >= 0.3 is 18.1 Å². The molecule has 0 bridgehead atoms. The van der Waals surface area contributed by atoms with Crippen molar-refractivity contribution in [2.24, 2.45) is 4.99 Å². The van der Waals surface area contributed by atoms with Crippen molar-refractivity contribution in [2.45, 2.75) is 31.5 Å². The minimum Gasteiger partial charge on any atom is -0.504 e. The first-order valence-corrected chi connectivity index (χ1v) is 5.93. The molecule has 21 heavy (non-hydrogen) atoms. The third-order valence-corrected chi connectivity index (χ3v) is 2.61. The van der Waals surface area contributed by atoms with Gasteiger partial charge in [0.15, 0.2) is 0 Å². The predicted octanol–water partition coefficient (Wildman–Crippen LogP) is 1.70. The maximum absolute atomic E-state index is 12.6. The molecule has 118 valence electrons. The van der Waals surface area contributed by atoms with E-state index < -0.39 is 41.6 Å². The number of nitrogens with zero attached hydrogens (tertiary/aromatic N) is 1. The van der Waals surface area contributed by atoms with E-state index in [2.05, 4.69) is 14.5 Å². The normalized spacial score (nSPS) is 17.1. The molecule has 0 saturated heterocycles. The predicted molar refractivity (Wildman–Crippen MR) is 64.8 cm³/mol. The van der Waals surface area contributed by atoms with E-state index in [-0.39, 0.29) is 6.04 Å². The largest absolute Gasteiger partial charge is 0.504 e. The van der Waals surface area contributed by atoms with Crippen LogP contribution in [0.3, 0.4) is 0 Å². The topological polar surface area (TPSA) is 85.2 Å². The summed E-state index contributed by atoms with van der Waals surface area (Å²) < 4.78 is 46.5. The molecule has 1 rings (SSSR count). The molecule has 0 unspecified atom stereocenters. The summed E-state index contributed by atoms with van der Waals surface area (Å²) in [6, 6.07) is -0.273. The first-order chi connectivity index (χ1) is 9.70. The molecule has 0 aromatic heterocycles. The molecule has 0 heterocycles. The van der Waals surface area contributed by atoms with Crippen LogP contribution < -0.4 is 0 Å². The van der Waals surface area contributed by atoms with E-state index in [1.54, 1.807) is 0 Å². The molecule has 0 radical (unpaired) electrons. The van der Waals surface area contributed by atoms with Gasteiger partial charge in [-0.05, 0) is 12.8 Å². The Kier molecular flexibility index (Phi) is 5.34. The van der Waals surface area contributed by atoms with Crippen LogP contribution in [0, 0.1) is 0 Å². The van der Waals surface area contributed by atoms with Gasteiger partial charge in [0.25, 0.3) is 0 Å². The fourth-order valence-corrected chi connectivity index (χ4v) is 1.43. The number of carbonyl (C=O) groups is 2. The lowest BCUT2D eigenvalue weighted by Gasteiger charge is -2.13. The van der Waals surface area contributed by atoms with Gasteiger partial charge < -0.3 is 14.6 Å². The summed E-state index contributed by atoms with van der Waals surface area (Å²) in [6.07, 6.45) is -4.57. The first kappa shape index (κ1) is 17.0. The van der Waals surface area contributed by atoms with E-state index in [0.717, 1.165) is 14.2 Å². The summed E-state index contributed by atoms with van der Waals surface area (Å²) in [4.78, 5) is 26.7. The van der Waals surface area contributed by atoms with Crippen molar-refractivity contribution in [3.8, 4) is 0 Å². The molecule has 0 aliphatic heterocycles. The van der Waals surface area contributed by atoms with Gasteiger partial charge in [0, 0.05) is 0 Å². The second-order valence-electron chi connectivity index (χ2n) is 4.27. The minimum absolute atomic E-state index is 0.273. The minimum atomic E-state index is -5.16. The van der Waals surface area contributed by atoms with E-state index in [1.165, 1.54) is 0 Å². The molecule has 0 amide bonds. The number of aliphatic hydroxyl groups is 1. The molecule has 1 fully saturated rings. The summed E-state index contributed by atoms with van der Waals surface area (Å²) in [6.45, 7) is 0. The Morgan fingerprint density at radius 1 is 1.24 bits per heavy atom. The number of alkyl halides is 3. The lowest BCUT2D eigenvalue weighted by Crippen LogP contribution is -2.26. The van der Waals surface area contributed by atoms with Crippen molar-refractivity contribution >= 4 is 17.7 Å². The van der Waals surface area contributed by atoms with Crippen molar-refractivity contribution in [2.75, 3.05) is 14.2 Å². The number of allylic oxidation sites excluding steroid dienone is 1. The van der Waals surface area contributed by atoms with E-state index in [9.17, 15) is 27.9 Å². The van der Waals surface area contributed by atoms with E-state index in [1.807, 2.05) is 0 Å². The maximum Gasteiger partial charge on any atom is 0.449 e. The van der Waals surface area contributed by atoms with Gasteiger partial charge in [-0.1, -0.05) is 0 Å². The summed E-state index contributed by atoms with van der Waals surface area (Å²) >= 11 is 0. The number of carbonyl (C=O) groups excluding carboxylic acids is 2. The zero-order valence-corrected chi connectivity index (χ0v) is 11.4. The van der Waals surface area contributed by atoms with Crippen LogP contribution in [0.4, 0.5) is 13.2 Å². The van der Waals surface area contributed by atoms with Crippen molar-refractivity contribution in [1.82, 2.24) is 0 Å². The first-order valence-electron chi connectivity index (χ1n) is 5.93. The molecule has 0 aromatic rings. The zero-order valence-electron chi connectivity index (χ0n) is 11.4. The highest BCUT2D eigenvalue weighted by atomic mass is 19.4. The number of halogens is 3.